The van der Waals surface area contributed by atoms with Gasteiger partial charge in [0.25, 0.3) is 0 Å². The van der Waals surface area contributed by atoms with E-state index < -0.39 is 0 Å². The van der Waals surface area contributed by atoms with Crippen LogP contribution in [0, 0.1) is 12.8 Å². The Labute approximate surface area is 102 Å². The van der Waals surface area contributed by atoms with Crippen LogP contribution >= 0.6 is 0 Å². The molecule has 0 saturated heterocycles. The van der Waals surface area contributed by atoms with Crippen molar-refractivity contribution in [3.63, 3.8) is 0 Å². The van der Waals surface area contributed by atoms with Crippen LogP contribution in [0.5, 0.6) is 0 Å². The van der Waals surface area contributed by atoms with Crippen molar-refractivity contribution in [1.82, 2.24) is 9.97 Å². The second-order valence-corrected chi connectivity index (χ2v) is 4.38. The minimum absolute atomic E-state index is 0.155. The van der Waals surface area contributed by atoms with E-state index in [1.165, 1.54) is 0 Å². The maximum absolute atomic E-state index is 9.03. The Morgan fingerprint density at radius 2 is 2.18 bits per heavy atom. The first kappa shape index (κ1) is 13.7. The van der Waals surface area contributed by atoms with Crippen LogP contribution in [-0.2, 0) is 0 Å². The zero-order chi connectivity index (χ0) is 12.8. The molecule has 1 atom stereocenters. The van der Waals surface area contributed by atoms with Gasteiger partial charge in [-0.15, -0.1) is 0 Å². The molecule has 0 amide bonds. The average Bonchev–Trinajstić information content (AvgIpc) is 2.31. The Kier molecular flexibility index (Phi) is 5.11. The predicted molar refractivity (Wildman–Crippen MR) is 68.5 cm³/mol. The number of nitrogens with zero attached hydrogens (tertiary/aromatic N) is 2. The molecule has 0 aliphatic rings. The van der Waals surface area contributed by atoms with Crippen LogP contribution in [0.2, 0.25) is 0 Å². The number of anilines is 2. The van der Waals surface area contributed by atoms with E-state index in [-0.39, 0.29) is 12.6 Å². The molecule has 1 aromatic rings. The van der Waals surface area contributed by atoms with Crippen molar-refractivity contribution in [2.75, 3.05) is 17.3 Å². The van der Waals surface area contributed by atoms with Gasteiger partial charge in [0.2, 0.25) is 5.95 Å². The molecule has 0 spiro atoms. The summed E-state index contributed by atoms with van der Waals surface area (Å²) >= 11 is 0. The molecule has 0 aliphatic heterocycles. The predicted octanol–water partition coefficient (Wildman–Crippen LogP) is 0.890. The zero-order valence-electron chi connectivity index (χ0n) is 10.6. The van der Waals surface area contributed by atoms with Crippen molar-refractivity contribution in [3.8, 4) is 0 Å². The number of nitrogen functional groups attached to an aromatic ring is 1. The van der Waals surface area contributed by atoms with Crippen molar-refractivity contribution in [1.29, 1.82) is 0 Å². The summed E-state index contributed by atoms with van der Waals surface area (Å²) in [5.41, 5.74) is 3.37. The van der Waals surface area contributed by atoms with E-state index >= 15 is 0 Å². The summed E-state index contributed by atoms with van der Waals surface area (Å²) in [6.07, 6.45) is 2.40. The first-order chi connectivity index (χ1) is 8.08. The molecule has 6 nitrogen and oxygen atoms in total. The first-order valence-electron chi connectivity index (χ1n) is 5.76. The van der Waals surface area contributed by atoms with Crippen LogP contribution in [0.3, 0.4) is 0 Å². The minimum Gasteiger partial charge on any atom is -0.396 e. The summed E-state index contributed by atoms with van der Waals surface area (Å²) in [7, 11) is 0. The highest BCUT2D eigenvalue weighted by atomic mass is 16.3. The second-order valence-electron chi connectivity index (χ2n) is 4.38. The number of nitrogens with one attached hydrogen (secondary N) is 2. The van der Waals surface area contributed by atoms with Gasteiger partial charge in [0.05, 0.1) is 0 Å². The Hall–Kier alpha value is -1.40. The lowest BCUT2D eigenvalue weighted by Crippen LogP contribution is -2.28. The molecule has 6 heteroatoms. The highest BCUT2D eigenvalue weighted by Crippen LogP contribution is 2.17. The fraction of sp³-hybridized carbons (Fsp3) is 0.636. The van der Waals surface area contributed by atoms with Crippen LogP contribution < -0.4 is 16.6 Å². The number of aryl methyl sites for hydroxylation is 1. The summed E-state index contributed by atoms with van der Waals surface area (Å²) in [5.74, 6) is 6.81. The summed E-state index contributed by atoms with van der Waals surface area (Å²) < 4.78 is 0. The lowest BCUT2D eigenvalue weighted by atomic mass is 10.0. The number of hydrogen-bond donors (Lipinski definition) is 4. The smallest absolute Gasteiger partial charge is 0.239 e. The monoisotopic (exact) mass is 239 g/mol. The standard InChI is InChI=1S/C11H21N5O/c1-7(2)9(4-5-17)14-10-8(3)6-13-11(15-10)16-12/h6-7,9,17H,4-5,12H2,1-3H3,(H2,13,14,15,16). The third kappa shape index (κ3) is 3.83. The number of rotatable bonds is 6. The van der Waals surface area contributed by atoms with Crippen molar-refractivity contribution in [2.24, 2.45) is 11.8 Å². The van der Waals surface area contributed by atoms with Crippen LogP contribution in [0.15, 0.2) is 6.20 Å². The number of aliphatic hydroxyl groups is 1. The second kappa shape index (κ2) is 6.36. The Morgan fingerprint density at radius 3 is 2.71 bits per heavy atom. The summed E-state index contributed by atoms with van der Waals surface area (Å²) in [4.78, 5) is 8.27. The molecular weight excluding hydrogens is 218 g/mol. The van der Waals surface area contributed by atoms with Gasteiger partial charge in [-0.3, -0.25) is 5.43 Å². The minimum atomic E-state index is 0.155. The van der Waals surface area contributed by atoms with Gasteiger partial charge < -0.3 is 10.4 Å². The maximum atomic E-state index is 9.03. The van der Waals surface area contributed by atoms with Gasteiger partial charge >= 0.3 is 0 Å². The first-order valence-corrected chi connectivity index (χ1v) is 5.76. The van der Waals surface area contributed by atoms with Gasteiger partial charge in [-0.1, -0.05) is 13.8 Å². The summed E-state index contributed by atoms with van der Waals surface area (Å²) in [6.45, 7) is 6.29. The molecule has 1 aromatic heterocycles. The Morgan fingerprint density at radius 1 is 1.47 bits per heavy atom. The summed E-state index contributed by atoms with van der Waals surface area (Å²) in [5, 5.41) is 12.3. The third-order valence-electron chi connectivity index (χ3n) is 2.67. The molecule has 0 bridgehead atoms. The molecule has 17 heavy (non-hydrogen) atoms. The number of aliphatic hydroxyl groups excluding tert-OH is 1. The van der Waals surface area contributed by atoms with Crippen LogP contribution in [0.4, 0.5) is 11.8 Å². The van der Waals surface area contributed by atoms with Gasteiger partial charge in [-0.05, 0) is 19.3 Å². The fourth-order valence-corrected chi connectivity index (χ4v) is 1.54. The van der Waals surface area contributed by atoms with Crippen molar-refractivity contribution >= 4 is 11.8 Å². The van der Waals surface area contributed by atoms with Gasteiger partial charge in [-0.2, -0.15) is 4.98 Å². The number of hydrogen-bond acceptors (Lipinski definition) is 6. The highest BCUT2D eigenvalue weighted by Gasteiger charge is 2.14. The van der Waals surface area contributed by atoms with Crippen molar-refractivity contribution < 1.29 is 5.11 Å². The van der Waals surface area contributed by atoms with Crippen LogP contribution in [-0.4, -0.2) is 27.7 Å². The van der Waals surface area contributed by atoms with E-state index in [0.29, 0.717) is 18.3 Å². The van der Waals surface area contributed by atoms with Crippen molar-refractivity contribution in [2.45, 2.75) is 33.2 Å². The third-order valence-corrected chi connectivity index (χ3v) is 2.67. The topological polar surface area (TPSA) is 96.1 Å². The SMILES string of the molecule is Cc1cnc(NN)nc1NC(CCO)C(C)C. The number of aromatic nitrogens is 2. The molecular formula is C11H21N5O. The van der Waals surface area contributed by atoms with Crippen LogP contribution in [0.25, 0.3) is 0 Å². The average molecular weight is 239 g/mol. The molecule has 5 N–H and O–H groups in total. The van der Waals surface area contributed by atoms with E-state index in [2.05, 4.69) is 34.6 Å². The van der Waals surface area contributed by atoms with Gasteiger partial charge in [0, 0.05) is 24.4 Å². The van der Waals surface area contributed by atoms with E-state index in [0.717, 1.165) is 11.4 Å². The zero-order valence-corrected chi connectivity index (χ0v) is 10.6. The van der Waals surface area contributed by atoms with E-state index in [1.54, 1.807) is 6.20 Å². The van der Waals surface area contributed by atoms with Crippen LogP contribution in [0.1, 0.15) is 25.8 Å². The van der Waals surface area contributed by atoms with Crippen molar-refractivity contribution in [3.05, 3.63) is 11.8 Å². The highest BCUT2D eigenvalue weighted by molar-refractivity contribution is 5.46. The van der Waals surface area contributed by atoms with E-state index in [9.17, 15) is 0 Å². The number of hydrazine groups is 1. The molecule has 96 valence electrons. The maximum Gasteiger partial charge on any atom is 0.239 e. The molecule has 0 fully saturated rings. The normalized spacial score (nSPS) is 12.6. The van der Waals surface area contributed by atoms with Gasteiger partial charge in [0.1, 0.15) is 5.82 Å². The molecule has 0 aliphatic carbocycles. The van der Waals surface area contributed by atoms with E-state index in [4.69, 9.17) is 10.9 Å². The lowest BCUT2D eigenvalue weighted by molar-refractivity contribution is 0.267. The van der Waals surface area contributed by atoms with Gasteiger partial charge in [0.15, 0.2) is 0 Å². The Balaban J connectivity index is 2.84. The van der Waals surface area contributed by atoms with E-state index in [1.807, 2.05) is 6.92 Å². The van der Waals surface area contributed by atoms with Gasteiger partial charge in [-0.25, -0.2) is 10.8 Å². The number of nitrogens with two attached hydrogens (primary N) is 1. The molecule has 1 heterocycles. The molecule has 1 unspecified atom stereocenters. The molecule has 0 radical (unpaired) electrons. The molecule has 0 saturated carbocycles. The summed E-state index contributed by atoms with van der Waals surface area (Å²) in [6, 6.07) is 0.180. The largest absolute Gasteiger partial charge is 0.396 e. The Bertz CT molecular complexity index is 356. The quantitative estimate of drug-likeness (QED) is 0.435. The molecule has 0 aromatic carbocycles. The fourth-order valence-electron chi connectivity index (χ4n) is 1.54. The molecule has 1 rings (SSSR count). The lowest BCUT2D eigenvalue weighted by Gasteiger charge is -2.23.